The molecule has 3 N–H and O–H groups in total. The number of ether oxygens (including phenoxy) is 1. The molecule has 0 bridgehead atoms. The van der Waals surface area contributed by atoms with E-state index in [1.807, 2.05) is 26.0 Å². The minimum atomic E-state index is -0.172. The summed E-state index contributed by atoms with van der Waals surface area (Å²) in [6.07, 6.45) is 0. The van der Waals surface area contributed by atoms with Gasteiger partial charge in [-0.3, -0.25) is 4.79 Å². The van der Waals surface area contributed by atoms with Gasteiger partial charge >= 0.3 is 0 Å². The molecule has 2 rings (SSSR count). The zero-order valence-corrected chi connectivity index (χ0v) is 13.7. The van der Waals surface area contributed by atoms with Gasteiger partial charge in [0, 0.05) is 16.9 Å². The van der Waals surface area contributed by atoms with Gasteiger partial charge in [0.05, 0.1) is 11.6 Å². The highest BCUT2D eigenvalue weighted by atomic mass is 79.9. The van der Waals surface area contributed by atoms with Crippen molar-refractivity contribution < 1.29 is 9.53 Å². The first kappa shape index (κ1) is 15.4. The van der Waals surface area contributed by atoms with Gasteiger partial charge in [0.15, 0.2) is 0 Å². The normalized spacial score (nSPS) is 10.3. The van der Waals surface area contributed by atoms with Crippen LogP contribution in [0.5, 0.6) is 5.75 Å². The number of nitrogens with two attached hydrogens (primary N) is 1. The Morgan fingerprint density at radius 1 is 1.19 bits per heavy atom. The molecule has 0 aromatic heterocycles. The summed E-state index contributed by atoms with van der Waals surface area (Å²) in [6, 6.07) is 8.89. The smallest absolute Gasteiger partial charge is 0.255 e. The number of carbonyl (C=O) groups is 1. The van der Waals surface area contributed by atoms with Crippen molar-refractivity contribution in [3.63, 3.8) is 0 Å². The number of rotatable bonds is 3. The number of aryl methyl sites for hydroxylation is 2. The molecule has 0 fully saturated rings. The van der Waals surface area contributed by atoms with E-state index in [-0.39, 0.29) is 5.91 Å². The first-order valence-electron chi connectivity index (χ1n) is 6.44. The van der Waals surface area contributed by atoms with E-state index in [9.17, 15) is 4.79 Å². The minimum Gasteiger partial charge on any atom is -0.496 e. The average Bonchev–Trinajstić information content (AvgIpc) is 2.42. The molecule has 2 aromatic rings. The molecule has 0 atom stereocenters. The lowest BCUT2D eigenvalue weighted by molar-refractivity contribution is 0.102. The van der Waals surface area contributed by atoms with Gasteiger partial charge in [-0.05, 0) is 71.2 Å². The summed E-state index contributed by atoms with van der Waals surface area (Å²) >= 11 is 3.38. The van der Waals surface area contributed by atoms with Crippen molar-refractivity contribution in [1.29, 1.82) is 0 Å². The number of nitrogen functional groups attached to an aromatic ring is 1. The first-order valence-corrected chi connectivity index (χ1v) is 7.23. The van der Waals surface area contributed by atoms with Gasteiger partial charge in [-0.15, -0.1) is 0 Å². The fourth-order valence-electron chi connectivity index (χ4n) is 2.19. The second-order valence-electron chi connectivity index (χ2n) is 4.83. The van der Waals surface area contributed by atoms with Crippen molar-refractivity contribution in [1.82, 2.24) is 0 Å². The molecule has 4 nitrogen and oxygen atoms in total. The van der Waals surface area contributed by atoms with E-state index in [0.717, 1.165) is 21.3 Å². The van der Waals surface area contributed by atoms with Gasteiger partial charge in [0.1, 0.15) is 5.75 Å². The van der Waals surface area contributed by atoms with Crippen LogP contribution in [0.4, 0.5) is 11.4 Å². The second-order valence-corrected chi connectivity index (χ2v) is 5.69. The lowest BCUT2D eigenvalue weighted by Gasteiger charge is -2.13. The van der Waals surface area contributed by atoms with Gasteiger partial charge in [0.2, 0.25) is 0 Å². The van der Waals surface area contributed by atoms with Crippen LogP contribution in [-0.4, -0.2) is 13.0 Å². The number of amides is 1. The van der Waals surface area contributed by atoms with E-state index in [0.29, 0.717) is 17.0 Å². The van der Waals surface area contributed by atoms with Gasteiger partial charge in [-0.2, -0.15) is 0 Å². The number of nitrogens with one attached hydrogen (secondary N) is 1. The second kappa shape index (κ2) is 6.18. The molecule has 0 heterocycles. The molecule has 0 aliphatic rings. The molecule has 1 amide bonds. The molecule has 5 heteroatoms. The standard InChI is InChI=1S/C16H17BrN2O2/c1-9-6-12(18)7-10(2)15(9)19-16(20)11-4-5-14(21-3)13(17)8-11/h4-8H,18H2,1-3H3,(H,19,20). The van der Waals surface area contributed by atoms with Crippen LogP contribution in [0.3, 0.4) is 0 Å². The molecule has 110 valence electrons. The van der Waals surface area contributed by atoms with E-state index < -0.39 is 0 Å². The summed E-state index contributed by atoms with van der Waals surface area (Å²) < 4.78 is 5.90. The molecule has 0 aliphatic carbocycles. The van der Waals surface area contributed by atoms with Crippen molar-refractivity contribution in [3.8, 4) is 5.75 Å². The highest BCUT2D eigenvalue weighted by molar-refractivity contribution is 9.10. The third-order valence-electron chi connectivity index (χ3n) is 3.21. The highest BCUT2D eigenvalue weighted by Gasteiger charge is 2.12. The fourth-order valence-corrected chi connectivity index (χ4v) is 2.73. The van der Waals surface area contributed by atoms with Crippen LogP contribution in [0.15, 0.2) is 34.8 Å². The van der Waals surface area contributed by atoms with E-state index in [1.165, 1.54) is 0 Å². The summed E-state index contributed by atoms with van der Waals surface area (Å²) in [7, 11) is 1.58. The van der Waals surface area contributed by atoms with Crippen LogP contribution < -0.4 is 15.8 Å². The lowest BCUT2D eigenvalue weighted by Crippen LogP contribution is -2.14. The topological polar surface area (TPSA) is 64.3 Å². The van der Waals surface area contributed by atoms with E-state index >= 15 is 0 Å². The maximum atomic E-state index is 12.4. The van der Waals surface area contributed by atoms with Gasteiger partial charge in [-0.1, -0.05) is 0 Å². The molecule has 0 unspecified atom stereocenters. The Labute approximate surface area is 132 Å². The maximum Gasteiger partial charge on any atom is 0.255 e. The first-order chi connectivity index (χ1) is 9.92. The Kier molecular flexibility index (Phi) is 4.53. The van der Waals surface area contributed by atoms with Gasteiger partial charge in [-0.25, -0.2) is 0 Å². The molecular weight excluding hydrogens is 332 g/mol. The average molecular weight is 349 g/mol. The third-order valence-corrected chi connectivity index (χ3v) is 3.83. The zero-order valence-electron chi connectivity index (χ0n) is 12.2. The van der Waals surface area contributed by atoms with Crippen LogP contribution in [0.2, 0.25) is 0 Å². The largest absolute Gasteiger partial charge is 0.496 e. The molecule has 21 heavy (non-hydrogen) atoms. The predicted octanol–water partition coefficient (Wildman–Crippen LogP) is 3.91. The van der Waals surface area contributed by atoms with E-state index in [4.69, 9.17) is 10.5 Å². The zero-order chi connectivity index (χ0) is 15.6. The molecule has 0 saturated heterocycles. The van der Waals surface area contributed by atoms with E-state index in [2.05, 4.69) is 21.2 Å². The summed E-state index contributed by atoms with van der Waals surface area (Å²) in [5.41, 5.74) is 9.70. The highest BCUT2D eigenvalue weighted by Crippen LogP contribution is 2.27. The van der Waals surface area contributed by atoms with Crippen LogP contribution in [0.1, 0.15) is 21.5 Å². The number of methoxy groups -OCH3 is 1. The monoisotopic (exact) mass is 348 g/mol. The lowest BCUT2D eigenvalue weighted by atomic mass is 10.1. The van der Waals surface area contributed by atoms with Crippen molar-refractivity contribution in [2.45, 2.75) is 13.8 Å². The minimum absolute atomic E-state index is 0.172. The number of hydrogen-bond acceptors (Lipinski definition) is 3. The Morgan fingerprint density at radius 2 is 1.81 bits per heavy atom. The van der Waals surface area contributed by atoms with Crippen LogP contribution in [0, 0.1) is 13.8 Å². The van der Waals surface area contributed by atoms with Crippen LogP contribution in [0.25, 0.3) is 0 Å². The predicted molar refractivity (Wildman–Crippen MR) is 89.0 cm³/mol. The Balaban J connectivity index is 2.28. The summed E-state index contributed by atoms with van der Waals surface area (Å²) in [4.78, 5) is 12.4. The van der Waals surface area contributed by atoms with Gasteiger partial charge < -0.3 is 15.8 Å². The van der Waals surface area contributed by atoms with Crippen molar-refractivity contribution in [2.75, 3.05) is 18.2 Å². The Hall–Kier alpha value is -2.01. The van der Waals surface area contributed by atoms with E-state index in [1.54, 1.807) is 25.3 Å². The molecule has 0 aliphatic heterocycles. The number of anilines is 2. The molecular formula is C16H17BrN2O2. The molecule has 0 spiro atoms. The number of halogens is 1. The fraction of sp³-hybridized carbons (Fsp3) is 0.188. The number of carbonyl (C=O) groups excluding carboxylic acids is 1. The molecule has 0 saturated carbocycles. The summed E-state index contributed by atoms with van der Waals surface area (Å²) in [6.45, 7) is 3.84. The summed E-state index contributed by atoms with van der Waals surface area (Å²) in [5, 5.41) is 2.93. The Bertz CT molecular complexity index is 676. The quantitative estimate of drug-likeness (QED) is 0.826. The summed E-state index contributed by atoms with van der Waals surface area (Å²) in [5.74, 6) is 0.515. The van der Waals surface area contributed by atoms with Gasteiger partial charge in [0.25, 0.3) is 5.91 Å². The number of benzene rings is 2. The maximum absolute atomic E-state index is 12.4. The number of hydrogen-bond donors (Lipinski definition) is 2. The molecule has 0 radical (unpaired) electrons. The van der Waals surface area contributed by atoms with Crippen LogP contribution >= 0.6 is 15.9 Å². The van der Waals surface area contributed by atoms with Crippen molar-refractivity contribution >= 4 is 33.2 Å². The SMILES string of the molecule is COc1ccc(C(=O)Nc2c(C)cc(N)cc2C)cc1Br. The van der Waals surface area contributed by atoms with Crippen molar-refractivity contribution in [3.05, 3.63) is 51.5 Å². The molecule has 2 aromatic carbocycles. The third kappa shape index (κ3) is 3.36. The van der Waals surface area contributed by atoms with Crippen LogP contribution in [-0.2, 0) is 0 Å². The Morgan fingerprint density at radius 3 is 2.33 bits per heavy atom. The van der Waals surface area contributed by atoms with Crippen molar-refractivity contribution in [2.24, 2.45) is 0 Å².